The Balaban J connectivity index is 0.000000501. The first-order chi connectivity index (χ1) is 14.6. The van der Waals surface area contributed by atoms with Gasteiger partial charge in [0, 0.05) is 37.7 Å². The summed E-state index contributed by atoms with van der Waals surface area (Å²) < 4.78 is 32.1. The van der Waals surface area contributed by atoms with Crippen molar-refractivity contribution in [1.82, 2.24) is 9.21 Å². The molecule has 0 aromatic heterocycles. The molecule has 0 amide bonds. The Kier molecular flexibility index (Phi) is 8.81. The summed E-state index contributed by atoms with van der Waals surface area (Å²) in [5, 5.41) is 15.5. The first-order valence-corrected chi connectivity index (χ1v) is 11.0. The number of carbonyl (C=O) groups is 2. The molecule has 0 spiro atoms. The number of rotatable bonds is 5. The van der Waals surface area contributed by atoms with Crippen LogP contribution in [0.5, 0.6) is 5.75 Å². The molecule has 9 nitrogen and oxygen atoms in total. The van der Waals surface area contributed by atoms with Crippen molar-refractivity contribution >= 4 is 33.6 Å². The Morgan fingerprint density at radius 2 is 1.52 bits per heavy atom. The molecule has 31 heavy (non-hydrogen) atoms. The van der Waals surface area contributed by atoms with Crippen LogP contribution in [0.25, 0.3) is 0 Å². The fourth-order valence-corrected chi connectivity index (χ4v) is 4.51. The summed E-state index contributed by atoms with van der Waals surface area (Å²) in [5.41, 5.74) is 1.07. The van der Waals surface area contributed by atoms with Crippen LogP contribution in [0.2, 0.25) is 5.02 Å². The quantitative estimate of drug-likeness (QED) is 0.636. The number of sulfonamides is 1. The highest BCUT2D eigenvalue weighted by Gasteiger charge is 2.28. The second-order valence-electron chi connectivity index (χ2n) is 6.56. The lowest BCUT2D eigenvalue weighted by molar-refractivity contribution is -0.159. The second-order valence-corrected chi connectivity index (χ2v) is 8.90. The van der Waals surface area contributed by atoms with E-state index in [1.807, 2.05) is 24.3 Å². The maximum Gasteiger partial charge on any atom is 0.414 e. The first kappa shape index (κ1) is 24.6. The summed E-state index contributed by atoms with van der Waals surface area (Å²) in [6, 6.07) is 14.3. The van der Waals surface area contributed by atoms with E-state index in [0.717, 1.165) is 17.1 Å². The molecule has 0 bridgehead atoms. The highest BCUT2D eigenvalue weighted by atomic mass is 35.5. The van der Waals surface area contributed by atoms with E-state index < -0.39 is 22.0 Å². The third kappa shape index (κ3) is 6.93. The average molecular weight is 471 g/mol. The van der Waals surface area contributed by atoms with Gasteiger partial charge in [0.05, 0.1) is 12.0 Å². The molecule has 0 aliphatic carbocycles. The van der Waals surface area contributed by atoms with Crippen molar-refractivity contribution < 1.29 is 33.0 Å². The minimum absolute atomic E-state index is 0.299. The molecule has 0 unspecified atom stereocenters. The van der Waals surface area contributed by atoms with Crippen molar-refractivity contribution in [1.29, 1.82) is 0 Å². The van der Waals surface area contributed by atoms with Gasteiger partial charge in [-0.3, -0.25) is 4.90 Å². The van der Waals surface area contributed by atoms with Gasteiger partial charge in [-0.2, -0.15) is 4.31 Å². The molecule has 2 N–H and O–H groups in total. The van der Waals surface area contributed by atoms with Crippen molar-refractivity contribution in [3.05, 3.63) is 59.1 Å². The highest BCUT2D eigenvalue weighted by molar-refractivity contribution is 7.89. The summed E-state index contributed by atoms with van der Waals surface area (Å²) in [5.74, 6) is -3.01. The van der Waals surface area contributed by atoms with E-state index in [2.05, 4.69) is 4.90 Å². The fraction of sp³-hybridized carbons (Fsp3) is 0.300. The predicted molar refractivity (Wildman–Crippen MR) is 114 cm³/mol. The first-order valence-electron chi connectivity index (χ1n) is 9.21. The number of aliphatic carboxylic acids is 2. The smallest absolute Gasteiger partial charge is 0.414 e. The van der Waals surface area contributed by atoms with Crippen LogP contribution in [0.3, 0.4) is 0 Å². The van der Waals surface area contributed by atoms with Crippen LogP contribution in [0.1, 0.15) is 5.56 Å². The molecule has 2 aromatic rings. The summed E-state index contributed by atoms with van der Waals surface area (Å²) in [7, 11) is -1.91. The third-order valence-corrected chi connectivity index (χ3v) is 6.84. The van der Waals surface area contributed by atoms with Gasteiger partial charge in [-0.1, -0.05) is 29.8 Å². The molecule has 1 aliphatic heterocycles. The van der Waals surface area contributed by atoms with E-state index >= 15 is 0 Å². The van der Waals surface area contributed by atoms with Gasteiger partial charge in [0.2, 0.25) is 10.0 Å². The van der Waals surface area contributed by atoms with Gasteiger partial charge < -0.3 is 14.9 Å². The maximum atomic E-state index is 12.8. The number of ether oxygens (including phenoxy) is 1. The van der Waals surface area contributed by atoms with Crippen molar-refractivity contribution in [2.45, 2.75) is 11.4 Å². The molecule has 11 heteroatoms. The Morgan fingerprint density at radius 3 is 2.00 bits per heavy atom. The van der Waals surface area contributed by atoms with Gasteiger partial charge in [-0.25, -0.2) is 18.0 Å². The monoisotopic (exact) mass is 470 g/mol. The molecular formula is C20H23ClN2O7S. The number of nitrogens with zero attached hydrogens (tertiary/aromatic N) is 2. The number of piperazine rings is 1. The Bertz CT molecular complexity index is 992. The van der Waals surface area contributed by atoms with Crippen LogP contribution < -0.4 is 4.74 Å². The van der Waals surface area contributed by atoms with Gasteiger partial charge in [-0.05, 0) is 35.9 Å². The topological polar surface area (TPSA) is 124 Å². The predicted octanol–water partition coefficient (Wildman–Crippen LogP) is 2.01. The number of carboxylic acid groups (broad SMARTS) is 2. The molecule has 1 fully saturated rings. The van der Waals surface area contributed by atoms with Crippen LogP contribution in [-0.2, 0) is 26.2 Å². The molecule has 1 saturated heterocycles. The van der Waals surface area contributed by atoms with Crippen LogP contribution in [0.4, 0.5) is 0 Å². The molecule has 3 rings (SSSR count). The lowest BCUT2D eigenvalue weighted by Crippen LogP contribution is -2.48. The van der Waals surface area contributed by atoms with Gasteiger partial charge in [-0.15, -0.1) is 0 Å². The van der Waals surface area contributed by atoms with E-state index in [9.17, 15) is 8.42 Å². The number of carboxylic acids is 2. The average Bonchev–Trinajstić information content (AvgIpc) is 2.76. The van der Waals surface area contributed by atoms with Gasteiger partial charge in [0.1, 0.15) is 5.75 Å². The van der Waals surface area contributed by atoms with Crippen molar-refractivity contribution in [3.63, 3.8) is 0 Å². The van der Waals surface area contributed by atoms with Crippen molar-refractivity contribution in [2.24, 2.45) is 0 Å². The number of methoxy groups -OCH3 is 1. The number of hydrogen-bond donors (Lipinski definition) is 2. The minimum Gasteiger partial charge on any atom is -0.497 e. The molecule has 0 saturated carbocycles. The minimum atomic E-state index is -3.47. The second kappa shape index (κ2) is 11.1. The molecular weight excluding hydrogens is 448 g/mol. The summed E-state index contributed by atoms with van der Waals surface area (Å²) in [6.45, 7) is 3.04. The summed E-state index contributed by atoms with van der Waals surface area (Å²) in [4.78, 5) is 20.7. The lowest BCUT2D eigenvalue weighted by Gasteiger charge is -2.34. The highest BCUT2D eigenvalue weighted by Crippen LogP contribution is 2.22. The van der Waals surface area contributed by atoms with Crippen LogP contribution >= 0.6 is 11.6 Å². The summed E-state index contributed by atoms with van der Waals surface area (Å²) >= 11 is 6.21. The Labute approximate surface area is 185 Å². The van der Waals surface area contributed by atoms with E-state index in [-0.39, 0.29) is 0 Å². The van der Waals surface area contributed by atoms with Gasteiger partial charge in [0.25, 0.3) is 0 Å². The Morgan fingerprint density at radius 1 is 0.968 bits per heavy atom. The number of benzene rings is 2. The SMILES string of the molecule is COc1ccc(S(=O)(=O)N2CCN(Cc3ccccc3Cl)CC2)cc1.O=C(O)C(=O)O. The molecule has 2 aromatic carbocycles. The molecule has 168 valence electrons. The standard InChI is InChI=1S/C18H21ClN2O3S.C2H2O4/c1-24-16-6-8-17(9-7-16)25(22,23)21-12-10-20(11-13-21)14-15-4-2-3-5-18(15)19;3-1(4)2(5)6/h2-9H,10-14H2,1H3;(H,3,4)(H,5,6). The van der Waals surface area contributed by atoms with E-state index in [0.29, 0.717) is 36.8 Å². The number of hydrogen-bond acceptors (Lipinski definition) is 6. The van der Waals surface area contributed by atoms with Crippen molar-refractivity contribution in [2.75, 3.05) is 33.3 Å². The van der Waals surface area contributed by atoms with E-state index in [4.69, 9.17) is 36.1 Å². The fourth-order valence-electron chi connectivity index (χ4n) is 2.89. The zero-order valence-electron chi connectivity index (χ0n) is 16.8. The lowest BCUT2D eigenvalue weighted by atomic mass is 10.2. The molecule has 1 aliphatic rings. The largest absolute Gasteiger partial charge is 0.497 e. The van der Waals surface area contributed by atoms with Gasteiger partial charge in [0.15, 0.2) is 0 Å². The molecule has 0 radical (unpaired) electrons. The van der Waals surface area contributed by atoms with Crippen LogP contribution in [0, 0.1) is 0 Å². The molecule has 0 atom stereocenters. The van der Waals surface area contributed by atoms with Crippen LogP contribution in [-0.4, -0.2) is 73.1 Å². The van der Waals surface area contributed by atoms with E-state index in [1.54, 1.807) is 31.4 Å². The number of halogens is 1. The van der Waals surface area contributed by atoms with Crippen LogP contribution in [0.15, 0.2) is 53.4 Å². The maximum absolute atomic E-state index is 12.8. The summed E-state index contributed by atoms with van der Waals surface area (Å²) in [6.07, 6.45) is 0. The zero-order chi connectivity index (χ0) is 23.0. The van der Waals surface area contributed by atoms with Gasteiger partial charge >= 0.3 is 11.9 Å². The van der Waals surface area contributed by atoms with E-state index in [1.165, 1.54) is 4.31 Å². The molecule has 1 heterocycles. The normalized spacial score (nSPS) is 14.9. The third-order valence-electron chi connectivity index (χ3n) is 4.56. The van der Waals surface area contributed by atoms with Crippen molar-refractivity contribution in [3.8, 4) is 5.75 Å². The Hall–Kier alpha value is -2.66. The zero-order valence-corrected chi connectivity index (χ0v) is 18.3.